The fourth-order valence-corrected chi connectivity index (χ4v) is 5.90. The molecule has 13 nitrogen and oxygen atoms in total. The van der Waals surface area contributed by atoms with Crippen molar-refractivity contribution in [3.63, 3.8) is 0 Å². The van der Waals surface area contributed by atoms with Crippen molar-refractivity contribution in [3.8, 4) is 5.75 Å². The first-order valence-electron chi connectivity index (χ1n) is 10.8. The van der Waals surface area contributed by atoms with Gasteiger partial charge in [0.05, 0.1) is 17.2 Å². The lowest BCUT2D eigenvalue weighted by molar-refractivity contribution is -0.186. The van der Waals surface area contributed by atoms with Crippen molar-refractivity contribution in [3.05, 3.63) is 27.6 Å². The monoisotopic (exact) mass is 485 g/mol. The van der Waals surface area contributed by atoms with Crippen LogP contribution in [0.5, 0.6) is 5.75 Å². The molecule has 1 aromatic rings. The van der Waals surface area contributed by atoms with Gasteiger partial charge in [0.25, 0.3) is 0 Å². The number of hydrogen-bond acceptors (Lipinski definition) is 10. The molecule has 3 aliphatic rings. The first kappa shape index (κ1) is 24.3. The van der Waals surface area contributed by atoms with E-state index >= 15 is 0 Å². The van der Waals surface area contributed by atoms with Crippen LogP contribution in [0.2, 0.25) is 0 Å². The number of nitrogens with zero attached hydrogens (tertiary/aromatic N) is 4. The van der Waals surface area contributed by atoms with Gasteiger partial charge < -0.3 is 26.0 Å². The number of aliphatic hydroxyl groups excluding tert-OH is 1. The number of ketones is 4. The molecule has 184 valence electrons. The highest BCUT2D eigenvalue weighted by atomic mass is 16.3. The van der Waals surface area contributed by atoms with Crippen molar-refractivity contribution in [2.45, 2.75) is 31.0 Å². The van der Waals surface area contributed by atoms with Crippen molar-refractivity contribution in [2.75, 3.05) is 19.0 Å². The molecule has 2 fully saturated rings. The molecule has 2 unspecified atom stereocenters. The van der Waals surface area contributed by atoms with E-state index in [1.54, 1.807) is 25.9 Å². The van der Waals surface area contributed by atoms with Gasteiger partial charge in [0, 0.05) is 30.6 Å². The minimum Gasteiger partial charge on any atom is -0.507 e. The first-order valence-corrected chi connectivity index (χ1v) is 10.8. The van der Waals surface area contributed by atoms with E-state index in [-0.39, 0.29) is 17.7 Å². The van der Waals surface area contributed by atoms with E-state index in [1.807, 2.05) is 0 Å². The maximum absolute atomic E-state index is 13.7. The van der Waals surface area contributed by atoms with Crippen LogP contribution in [0.15, 0.2) is 11.2 Å². The second-order valence-electron chi connectivity index (χ2n) is 9.45. The molecule has 0 aromatic heterocycles. The molecule has 1 amide bonds. The number of primary amides is 1. The number of aromatic hydroxyl groups is 1. The van der Waals surface area contributed by atoms with Crippen LogP contribution < -0.4 is 10.6 Å². The van der Waals surface area contributed by atoms with Crippen LogP contribution in [0.3, 0.4) is 0 Å². The first-order chi connectivity index (χ1) is 16.3. The van der Waals surface area contributed by atoms with Crippen molar-refractivity contribution in [2.24, 2.45) is 34.5 Å². The summed E-state index contributed by atoms with van der Waals surface area (Å²) >= 11 is 0. The number of azide groups is 1. The average molecular weight is 485 g/mol. The number of rotatable bonds is 3. The SMILES string of the molecule is C[C@@H]1c2c(N(C)C)cc(N=[N+]=[N-])c(O)c2C(=O)C2C(=O)[C@]3(O)C(=O)C(C(N)=O)C(=O)[C@H](O)[C@@H]3C[C@@H]21. The van der Waals surface area contributed by atoms with Crippen molar-refractivity contribution in [1.82, 2.24) is 0 Å². The number of phenols is 1. The van der Waals surface area contributed by atoms with Gasteiger partial charge in [-0.05, 0) is 35.4 Å². The Labute approximate surface area is 198 Å². The summed E-state index contributed by atoms with van der Waals surface area (Å²) in [7, 11) is 3.32. The molecule has 7 atom stereocenters. The van der Waals surface area contributed by atoms with Crippen LogP contribution in [0, 0.1) is 23.7 Å². The highest BCUT2D eigenvalue weighted by molar-refractivity contribution is 6.32. The van der Waals surface area contributed by atoms with Crippen molar-refractivity contribution in [1.29, 1.82) is 0 Å². The molecule has 0 bridgehead atoms. The molecule has 0 heterocycles. The standard InChI is InChI=1S/C22H23N5O8/c1-6-7-4-8-15(28)18(31)14(21(23)34)20(33)22(8,35)19(32)12(7)17(30)13-11(6)10(27(2)3)5-9(16(13)29)25-26-24/h5-8,12,14-15,28-29,35H,4H2,1-3H3,(H2,23,34)/t6-,7+,8-,12?,14?,15+,22-/m0/s1. The Kier molecular flexibility index (Phi) is 5.47. The average Bonchev–Trinajstić information content (AvgIpc) is 2.78. The van der Waals surface area contributed by atoms with Gasteiger partial charge in [-0.1, -0.05) is 12.0 Å². The molecular weight excluding hydrogens is 462 g/mol. The number of anilines is 1. The summed E-state index contributed by atoms with van der Waals surface area (Å²) in [5, 5.41) is 36.1. The summed E-state index contributed by atoms with van der Waals surface area (Å²) < 4.78 is 0. The summed E-state index contributed by atoms with van der Waals surface area (Å²) in [6, 6.07) is 1.39. The van der Waals surface area contributed by atoms with Gasteiger partial charge in [-0.3, -0.25) is 24.0 Å². The molecule has 0 saturated heterocycles. The smallest absolute Gasteiger partial charge is 0.235 e. The molecule has 0 radical (unpaired) electrons. The molecular formula is C22H23N5O8. The zero-order chi connectivity index (χ0) is 26.1. The second-order valence-corrected chi connectivity index (χ2v) is 9.45. The van der Waals surface area contributed by atoms with Gasteiger partial charge in [-0.15, -0.1) is 0 Å². The Hall–Kier alpha value is -3.80. The molecule has 3 aliphatic carbocycles. The Balaban J connectivity index is 1.95. The molecule has 2 saturated carbocycles. The Morgan fingerprint density at radius 2 is 1.89 bits per heavy atom. The summed E-state index contributed by atoms with van der Waals surface area (Å²) in [5.74, 6) is -13.9. The Bertz CT molecular complexity index is 1270. The number of benzene rings is 1. The summed E-state index contributed by atoms with van der Waals surface area (Å²) in [4.78, 5) is 68.9. The topological polar surface area (TPSA) is 224 Å². The highest BCUT2D eigenvalue weighted by Crippen LogP contribution is 2.56. The van der Waals surface area contributed by atoms with Gasteiger partial charge in [-0.25, -0.2) is 0 Å². The van der Waals surface area contributed by atoms with E-state index in [4.69, 9.17) is 11.3 Å². The number of nitrogens with two attached hydrogens (primary N) is 1. The normalized spacial score (nSPS) is 33.9. The lowest BCUT2D eigenvalue weighted by Crippen LogP contribution is -2.72. The molecule has 0 aliphatic heterocycles. The molecule has 5 N–H and O–H groups in total. The van der Waals surface area contributed by atoms with Gasteiger partial charge in [-0.2, -0.15) is 0 Å². The zero-order valence-electron chi connectivity index (χ0n) is 19.0. The predicted octanol–water partition coefficient (Wildman–Crippen LogP) is -0.134. The highest BCUT2D eigenvalue weighted by Gasteiger charge is 2.69. The Morgan fingerprint density at radius 3 is 2.43 bits per heavy atom. The molecule has 35 heavy (non-hydrogen) atoms. The number of Topliss-reactive ketones (excluding diaryl/α,β-unsaturated/α-hetero) is 4. The number of fused-ring (bicyclic) bond motifs is 3. The second kappa shape index (κ2) is 7.87. The van der Waals surface area contributed by atoms with Crippen LogP contribution in [0.1, 0.15) is 35.2 Å². The van der Waals surface area contributed by atoms with E-state index < -0.39 is 76.1 Å². The molecule has 1 aromatic carbocycles. The lowest BCUT2D eigenvalue weighted by atomic mass is 9.51. The fourth-order valence-electron chi connectivity index (χ4n) is 5.90. The number of amides is 1. The van der Waals surface area contributed by atoms with Crippen LogP contribution in [-0.2, 0) is 19.2 Å². The maximum Gasteiger partial charge on any atom is 0.235 e. The molecule has 4 rings (SSSR count). The number of aliphatic hydroxyl groups is 2. The predicted molar refractivity (Wildman–Crippen MR) is 118 cm³/mol. The third-order valence-electron chi connectivity index (χ3n) is 7.59. The largest absolute Gasteiger partial charge is 0.507 e. The summed E-state index contributed by atoms with van der Waals surface area (Å²) in [5.41, 5.74) is 11.3. The lowest BCUT2D eigenvalue weighted by Gasteiger charge is -2.51. The van der Waals surface area contributed by atoms with E-state index in [9.17, 15) is 39.3 Å². The molecule has 0 spiro atoms. The van der Waals surface area contributed by atoms with Gasteiger partial charge in [0.2, 0.25) is 5.91 Å². The van der Waals surface area contributed by atoms with Crippen LogP contribution in [0.25, 0.3) is 10.4 Å². The molecule has 13 heteroatoms. The van der Waals surface area contributed by atoms with Crippen LogP contribution in [0.4, 0.5) is 11.4 Å². The van der Waals surface area contributed by atoms with E-state index in [0.717, 1.165) is 0 Å². The van der Waals surface area contributed by atoms with Crippen LogP contribution in [-0.4, -0.2) is 70.2 Å². The Morgan fingerprint density at radius 1 is 1.26 bits per heavy atom. The van der Waals surface area contributed by atoms with Crippen molar-refractivity contribution < 1.29 is 39.3 Å². The van der Waals surface area contributed by atoms with Crippen LogP contribution >= 0.6 is 0 Å². The maximum atomic E-state index is 13.7. The number of carbonyl (C=O) groups excluding carboxylic acids is 5. The summed E-state index contributed by atoms with van der Waals surface area (Å²) in [6.45, 7) is 1.67. The van der Waals surface area contributed by atoms with Crippen molar-refractivity contribution >= 4 is 40.4 Å². The van der Waals surface area contributed by atoms with Gasteiger partial charge >= 0.3 is 0 Å². The third-order valence-corrected chi connectivity index (χ3v) is 7.59. The summed E-state index contributed by atoms with van der Waals surface area (Å²) in [6.07, 6.45) is -2.30. The quantitative estimate of drug-likeness (QED) is 0.193. The van der Waals surface area contributed by atoms with Gasteiger partial charge in [0.15, 0.2) is 34.7 Å². The third kappa shape index (κ3) is 3.02. The minimum absolute atomic E-state index is 0.252. The van der Waals surface area contributed by atoms with E-state index in [1.165, 1.54) is 6.07 Å². The fraction of sp³-hybridized carbons (Fsp3) is 0.500. The number of carbonyl (C=O) groups is 5. The minimum atomic E-state index is -3.00. The van der Waals surface area contributed by atoms with E-state index in [2.05, 4.69) is 10.0 Å². The van der Waals surface area contributed by atoms with E-state index in [0.29, 0.717) is 11.3 Å². The van der Waals surface area contributed by atoms with Gasteiger partial charge in [0.1, 0.15) is 11.9 Å². The number of hydrogen-bond donors (Lipinski definition) is 4. The zero-order valence-corrected chi connectivity index (χ0v) is 19.0. The number of phenolic OH excluding ortho intramolecular Hbond substituents is 1.